The van der Waals surface area contributed by atoms with Crippen molar-refractivity contribution < 1.29 is 10.0 Å². The number of nitro benzene ring substituents is 1. The third-order valence-electron chi connectivity index (χ3n) is 3.92. The minimum absolute atomic E-state index is 0.0374. The van der Waals surface area contributed by atoms with Gasteiger partial charge in [0.2, 0.25) is 0 Å². The smallest absolute Gasteiger partial charge is 0.269 e. The van der Waals surface area contributed by atoms with Gasteiger partial charge in [-0.05, 0) is 18.4 Å². The van der Waals surface area contributed by atoms with Gasteiger partial charge in [0.1, 0.15) is 0 Å². The van der Waals surface area contributed by atoms with E-state index in [1.165, 1.54) is 12.1 Å². The van der Waals surface area contributed by atoms with Gasteiger partial charge in [0.25, 0.3) is 5.69 Å². The number of aliphatic hydroxyl groups excluding tert-OH is 1. The lowest BCUT2D eigenvalue weighted by atomic mass is 9.64. The van der Waals surface area contributed by atoms with E-state index in [9.17, 15) is 25.7 Å². The van der Waals surface area contributed by atoms with E-state index < -0.39 is 22.4 Å². The molecule has 0 aliphatic heterocycles. The first kappa shape index (κ1) is 14.0. The van der Waals surface area contributed by atoms with Gasteiger partial charge in [0, 0.05) is 18.1 Å². The standard InChI is InChI=1S/C14H13N3O3/c15-8-14(9-16)12(2-1-3-13(14)18)10-4-6-11(7-5-10)17(19)20/h4-7,12-13,18H,1-3H2. The second-order valence-corrected chi connectivity index (χ2v) is 4.94. The molecule has 1 aromatic rings. The summed E-state index contributed by atoms with van der Waals surface area (Å²) in [6, 6.07) is 9.75. The molecule has 1 aliphatic rings. The van der Waals surface area contributed by atoms with Crippen LogP contribution in [0.4, 0.5) is 5.69 Å². The average molecular weight is 271 g/mol. The second kappa shape index (κ2) is 5.28. The maximum atomic E-state index is 10.6. The molecule has 2 rings (SSSR count). The number of hydrogen-bond donors (Lipinski definition) is 1. The van der Waals surface area contributed by atoms with Crippen molar-refractivity contribution in [2.75, 3.05) is 0 Å². The molecule has 0 amide bonds. The van der Waals surface area contributed by atoms with E-state index in [4.69, 9.17) is 0 Å². The van der Waals surface area contributed by atoms with Gasteiger partial charge >= 0.3 is 0 Å². The maximum absolute atomic E-state index is 10.6. The molecule has 0 bridgehead atoms. The Morgan fingerprint density at radius 1 is 1.25 bits per heavy atom. The fourth-order valence-corrected chi connectivity index (χ4v) is 2.79. The van der Waals surface area contributed by atoms with Crippen molar-refractivity contribution in [1.82, 2.24) is 0 Å². The molecule has 0 spiro atoms. The van der Waals surface area contributed by atoms with Crippen molar-refractivity contribution in [2.45, 2.75) is 31.3 Å². The molecular weight excluding hydrogens is 258 g/mol. The monoisotopic (exact) mass is 271 g/mol. The highest BCUT2D eigenvalue weighted by Gasteiger charge is 2.49. The molecule has 1 saturated carbocycles. The number of aliphatic hydroxyl groups is 1. The van der Waals surface area contributed by atoms with Crippen molar-refractivity contribution in [3.63, 3.8) is 0 Å². The Balaban J connectivity index is 2.42. The van der Waals surface area contributed by atoms with E-state index >= 15 is 0 Å². The molecule has 1 aliphatic carbocycles. The lowest BCUT2D eigenvalue weighted by Gasteiger charge is -2.37. The summed E-state index contributed by atoms with van der Waals surface area (Å²) >= 11 is 0. The molecular formula is C14H13N3O3. The summed E-state index contributed by atoms with van der Waals surface area (Å²) in [6.45, 7) is 0. The second-order valence-electron chi connectivity index (χ2n) is 4.94. The lowest BCUT2D eigenvalue weighted by Crippen LogP contribution is -2.41. The number of non-ortho nitro benzene ring substituents is 1. The van der Waals surface area contributed by atoms with Gasteiger partial charge in [-0.2, -0.15) is 10.5 Å². The number of hydrogen-bond acceptors (Lipinski definition) is 5. The van der Waals surface area contributed by atoms with Crippen LogP contribution in [-0.2, 0) is 0 Å². The van der Waals surface area contributed by atoms with Crippen LogP contribution in [0.2, 0.25) is 0 Å². The maximum Gasteiger partial charge on any atom is 0.269 e. The van der Waals surface area contributed by atoms with Crippen LogP contribution in [0.3, 0.4) is 0 Å². The normalized spacial score (nSPS) is 24.4. The average Bonchev–Trinajstić information content (AvgIpc) is 2.47. The zero-order valence-electron chi connectivity index (χ0n) is 10.7. The van der Waals surface area contributed by atoms with Crippen molar-refractivity contribution >= 4 is 5.69 Å². The minimum atomic E-state index is -1.48. The van der Waals surface area contributed by atoms with Gasteiger partial charge < -0.3 is 5.11 Å². The van der Waals surface area contributed by atoms with Gasteiger partial charge in [-0.1, -0.05) is 18.6 Å². The predicted octanol–water partition coefficient (Wildman–Crippen LogP) is 2.26. The molecule has 1 fully saturated rings. The molecule has 0 heterocycles. The zero-order chi connectivity index (χ0) is 14.8. The largest absolute Gasteiger partial charge is 0.390 e. The van der Waals surface area contributed by atoms with Crippen molar-refractivity contribution in [1.29, 1.82) is 10.5 Å². The number of nitrogens with zero attached hydrogens (tertiary/aromatic N) is 3. The highest BCUT2D eigenvalue weighted by Crippen LogP contribution is 2.46. The molecule has 1 aromatic carbocycles. The molecule has 0 saturated heterocycles. The Morgan fingerprint density at radius 2 is 1.85 bits per heavy atom. The molecule has 6 heteroatoms. The van der Waals surface area contributed by atoms with Crippen molar-refractivity contribution in [2.24, 2.45) is 5.41 Å². The van der Waals surface area contributed by atoms with Crippen LogP contribution in [0.15, 0.2) is 24.3 Å². The highest BCUT2D eigenvalue weighted by molar-refractivity contribution is 5.39. The topological polar surface area (TPSA) is 111 Å². The fraction of sp³-hybridized carbons (Fsp3) is 0.429. The Bertz CT molecular complexity index is 584. The predicted molar refractivity (Wildman–Crippen MR) is 69.4 cm³/mol. The summed E-state index contributed by atoms with van der Waals surface area (Å²) in [4.78, 5) is 10.1. The van der Waals surface area contributed by atoms with Crippen LogP contribution in [0.5, 0.6) is 0 Å². The van der Waals surface area contributed by atoms with Gasteiger partial charge in [0.05, 0.1) is 23.2 Å². The van der Waals surface area contributed by atoms with Gasteiger partial charge in [-0.15, -0.1) is 0 Å². The Kier molecular flexibility index (Phi) is 3.69. The first-order valence-corrected chi connectivity index (χ1v) is 6.30. The molecule has 2 unspecified atom stereocenters. The third kappa shape index (κ3) is 2.11. The Morgan fingerprint density at radius 3 is 2.35 bits per heavy atom. The van der Waals surface area contributed by atoms with E-state index in [-0.39, 0.29) is 5.69 Å². The van der Waals surface area contributed by atoms with Crippen LogP contribution < -0.4 is 0 Å². The molecule has 1 N–H and O–H groups in total. The zero-order valence-corrected chi connectivity index (χ0v) is 10.7. The number of nitro groups is 1. The lowest BCUT2D eigenvalue weighted by molar-refractivity contribution is -0.384. The van der Waals surface area contributed by atoms with Crippen LogP contribution in [0.1, 0.15) is 30.7 Å². The molecule has 2 atom stereocenters. The number of rotatable bonds is 2. The molecule has 6 nitrogen and oxygen atoms in total. The van der Waals surface area contributed by atoms with Gasteiger partial charge in [-0.25, -0.2) is 0 Å². The summed E-state index contributed by atoms with van der Waals surface area (Å²) in [6.07, 6.45) is 0.751. The van der Waals surface area contributed by atoms with Crippen LogP contribution in [-0.4, -0.2) is 16.1 Å². The van der Waals surface area contributed by atoms with E-state index in [1.807, 2.05) is 12.1 Å². The molecule has 20 heavy (non-hydrogen) atoms. The summed E-state index contributed by atoms with van der Waals surface area (Å²) in [7, 11) is 0. The number of nitriles is 2. The third-order valence-corrected chi connectivity index (χ3v) is 3.92. The highest BCUT2D eigenvalue weighted by atomic mass is 16.6. The van der Waals surface area contributed by atoms with Gasteiger partial charge in [-0.3, -0.25) is 10.1 Å². The van der Waals surface area contributed by atoms with Crippen LogP contribution >= 0.6 is 0 Å². The van der Waals surface area contributed by atoms with E-state index in [0.29, 0.717) is 24.8 Å². The first-order valence-electron chi connectivity index (χ1n) is 6.30. The summed E-state index contributed by atoms with van der Waals surface area (Å²) in [5, 5.41) is 39.4. The van der Waals surface area contributed by atoms with Crippen LogP contribution in [0, 0.1) is 38.2 Å². The number of benzene rings is 1. The SMILES string of the molecule is N#CC1(C#N)C(O)CCCC1c1ccc([N+](=O)[O-])cc1. The van der Waals surface area contributed by atoms with E-state index in [1.54, 1.807) is 12.1 Å². The summed E-state index contributed by atoms with van der Waals surface area (Å²) < 4.78 is 0. The fourth-order valence-electron chi connectivity index (χ4n) is 2.79. The van der Waals surface area contributed by atoms with Gasteiger partial charge in [0.15, 0.2) is 5.41 Å². The van der Waals surface area contributed by atoms with E-state index in [0.717, 1.165) is 0 Å². The van der Waals surface area contributed by atoms with E-state index in [2.05, 4.69) is 0 Å². The van der Waals surface area contributed by atoms with Crippen molar-refractivity contribution in [3.05, 3.63) is 39.9 Å². The summed E-state index contributed by atoms with van der Waals surface area (Å²) in [5.41, 5.74) is -0.837. The molecule has 102 valence electrons. The van der Waals surface area contributed by atoms with Crippen LogP contribution in [0.25, 0.3) is 0 Å². The van der Waals surface area contributed by atoms with Crippen molar-refractivity contribution in [3.8, 4) is 12.1 Å². The minimum Gasteiger partial charge on any atom is -0.390 e. The Labute approximate surface area is 116 Å². The molecule has 0 radical (unpaired) electrons. The Hall–Kier alpha value is -2.44. The molecule has 0 aromatic heterocycles. The quantitative estimate of drug-likeness (QED) is 0.655. The summed E-state index contributed by atoms with van der Waals surface area (Å²) in [5.74, 6) is -0.429. The first-order chi connectivity index (χ1) is 9.55.